The van der Waals surface area contributed by atoms with E-state index < -0.39 is 6.17 Å². The fourth-order valence-electron chi connectivity index (χ4n) is 4.48. The Bertz CT molecular complexity index is 1470. The van der Waals surface area contributed by atoms with Crippen LogP contribution in [0.3, 0.4) is 0 Å². The highest BCUT2D eigenvalue weighted by Crippen LogP contribution is 2.34. The predicted octanol–water partition coefficient (Wildman–Crippen LogP) is 3.94. The van der Waals surface area contributed by atoms with E-state index in [4.69, 9.17) is 14.1 Å². The quantitative estimate of drug-likeness (QED) is 0.429. The van der Waals surface area contributed by atoms with Crippen LogP contribution in [0.2, 0.25) is 0 Å². The first-order valence-corrected chi connectivity index (χ1v) is 11.9. The van der Waals surface area contributed by atoms with Crippen molar-refractivity contribution in [2.24, 2.45) is 4.99 Å². The maximum Gasteiger partial charge on any atom is 0.317 e. The fourth-order valence-corrected chi connectivity index (χ4v) is 4.48. The lowest BCUT2D eigenvalue weighted by atomic mass is 10.0. The number of halogens is 1. The molecule has 6 rings (SSSR count). The summed E-state index contributed by atoms with van der Waals surface area (Å²) in [5.41, 5.74) is 3.81. The molecule has 1 atom stereocenters. The summed E-state index contributed by atoms with van der Waals surface area (Å²) in [6, 6.07) is 21.8. The smallest absolute Gasteiger partial charge is 0.317 e. The molecule has 1 amide bonds. The van der Waals surface area contributed by atoms with Crippen LogP contribution in [-0.4, -0.2) is 54.3 Å². The molecule has 3 heterocycles. The number of ether oxygens (including phenoxy) is 1. The number of aromatic nitrogens is 2. The molecular formula is C27H23FN6O3. The van der Waals surface area contributed by atoms with Crippen molar-refractivity contribution >= 4 is 29.0 Å². The summed E-state index contributed by atoms with van der Waals surface area (Å²) in [4.78, 5) is 19.7. The summed E-state index contributed by atoms with van der Waals surface area (Å²) in [6.07, 6.45) is -1.04. The number of carbonyl (C=O) groups excluding carboxylic acids is 1. The van der Waals surface area contributed by atoms with Crippen LogP contribution < -0.4 is 15.5 Å². The van der Waals surface area contributed by atoms with E-state index in [-0.39, 0.29) is 23.6 Å². The molecule has 1 unspecified atom stereocenters. The summed E-state index contributed by atoms with van der Waals surface area (Å²) in [6.45, 7) is 2.11. The molecule has 1 saturated heterocycles. The number of hydrogen-bond donors (Lipinski definition) is 2. The number of carbonyl (C=O) groups is 1. The minimum Gasteiger partial charge on any atom is -0.403 e. The number of amides is 1. The number of aliphatic imine (C=N–C) groups is 1. The van der Waals surface area contributed by atoms with Crippen LogP contribution in [-0.2, 0) is 9.53 Å². The lowest BCUT2D eigenvalue weighted by Gasteiger charge is -2.30. The molecule has 10 heteroatoms. The number of benzodiazepines with no additional fused rings is 1. The van der Waals surface area contributed by atoms with E-state index in [1.54, 1.807) is 12.1 Å². The normalized spacial score (nSPS) is 17.4. The van der Waals surface area contributed by atoms with Gasteiger partial charge < -0.3 is 24.7 Å². The third-order valence-electron chi connectivity index (χ3n) is 6.22. The van der Waals surface area contributed by atoms with Gasteiger partial charge in [0.25, 0.3) is 11.8 Å². The Morgan fingerprint density at radius 3 is 2.51 bits per heavy atom. The van der Waals surface area contributed by atoms with Crippen LogP contribution in [0.25, 0.3) is 11.5 Å². The highest BCUT2D eigenvalue weighted by molar-refractivity contribution is 6.19. The van der Waals surface area contributed by atoms with Gasteiger partial charge in [-0.2, -0.15) is 0 Å². The molecule has 0 aliphatic carbocycles. The first kappa shape index (κ1) is 22.9. The zero-order valence-corrected chi connectivity index (χ0v) is 19.7. The molecule has 2 aliphatic heterocycles. The second kappa shape index (κ2) is 9.82. The summed E-state index contributed by atoms with van der Waals surface area (Å²) in [7, 11) is 0. The van der Waals surface area contributed by atoms with Gasteiger partial charge in [-0.15, -0.1) is 5.10 Å². The molecule has 2 aliphatic rings. The Kier molecular flexibility index (Phi) is 6.07. The summed E-state index contributed by atoms with van der Waals surface area (Å²) in [5, 5.41) is 14.1. The summed E-state index contributed by atoms with van der Waals surface area (Å²) in [5.74, 6) is -0.629. The molecule has 0 spiro atoms. The van der Waals surface area contributed by atoms with Gasteiger partial charge in [0.05, 0.1) is 35.9 Å². The lowest BCUT2D eigenvalue weighted by molar-refractivity contribution is -0.116. The number of nitrogens with one attached hydrogen (secondary N) is 2. The van der Waals surface area contributed by atoms with Crippen molar-refractivity contribution < 1.29 is 18.3 Å². The zero-order chi connectivity index (χ0) is 25.2. The van der Waals surface area contributed by atoms with Gasteiger partial charge in [0, 0.05) is 24.2 Å². The lowest BCUT2D eigenvalue weighted by Crippen LogP contribution is -2.37. The average molecular weight is 499 g/mol. The van der Waals surface area contributed by atoms with E-state index in [0.717, 1.165) is 11.1 Å². The topological polar surface area (TPSA) is 105 Å². The van der Waals surface area contributed by atoms with Gasteiger partial charge in [0.1, 0.15) is 5.82 Å². The summed E-state index contributed by atoms with van der Waals surface area (Å²) < 4.78 is 26.1. The maximum atomic E-state index is 14.9. The van der Waals surface area contributed by atoms with E-state index in [9.17, 15) is 9.18 Å². The Morgan fingerprint density at radius 2 is 1.68 bits per heavy atom. The van der Waals surface area contributed by atoms with Crippen molar-refractivity contribution in [1.29, 1.82) is 0 Å². The SMILES string of the molecule is O=C1Nc2ccccc2C(c2ccccc2)=NC1Nc1nnc(-c2cccc(F)c2N2CCOCC2)o1. The molecule has 37 heavy (non-hydrogen) atoms. The first-order chi connectivity index (χ1) is 18.2. The van der Waals surface area contributed by atoms with Gasteiger partial charge >= 0.3 is 6.01 Å². The molecule has 9 nitrogen and oxygen atoms in total. The fraction of sp³-hybridized carbons (Fsp3) is 0.185. The van der Waals surface area contributed by atoms with E-state index in [2.05, 4.69) is 20.8 Å². The second-order valence-electron chi connectivity index (χ2n) is 8.57. The third-order valence-corrected chi connectivity index (χ3v) is 6.22. The minimum absolute atomic E-state index is 0.00513. The zero-order valence-electron chi connectivity index (χ0n) is 19.7. The number of benzene rings is 3. The Labute approximate surface area is 212 Å². The van der Waals surface area contributed by atoms with Crippen LogP contribution in [0.4, 0.5) is 21.8 Å². The minimum atomic E-state index is -1.04. The highest BCUT2D eigenvalue weighted by Gasteiger charge is 2.28. The van der Waals surface area contributed by atoms with Crippen molar-refractivity contribution in [3.63, 3.8) is 0 Å². The Hall–Kier alpha value is -4.57. The molecule has 0 radical (unpaired) electrons. The number of rotatable bonds is 5. The van der Waals surface area contributed by atoms with Crippen molar-refractivity contribution in [2.45, 2.75) is 6.17 Å². The maximum absolute atomic E-state index is 14.9. The average Bonchev–Trinajstić information content (AvgIpc) is 3.35. The molecule has 186 valence electrons. The number of nitrogens with zero attached hydrogens (tertiary/aromatic N) is 4. The largest absolute Gasteiger partial charge is 0.403 e. The highest BCUT2D eigenvalue weighted by atomic mass is 19.1. The molecule has 2 N–H and O–H groups in total. The molecule has 4 aromatic rings. The van der Waals surface area contributed by atoms with Crippen molar-refractivity contribution in [3.8, 4) is 11.5 Å². The van der Waals surface area contributed by atoms with Crippen LogP contribution in [0, 0.1) is 5.82 Å². The molecular weight excluding hydrogens is 475 g/mol. The van der Waals surface area contributed by atoms with E-state index in [1.165, 1.54) is 6.07 Å². The van der Waals surface area contributed by atoms with Gasteiger partial charge in [-0.1, -0.05) is 59.7 Å². The van der Waals surface area contributed by atoms with Gasteiger partial charge in [0.15, 0.2) is 0 Å². The van der Waals surface area contributed by atoms with Gasteiger partial charge in [-0.25, -0.2) is 9.38 Å². The number of morpholine rings is 1. The summed E-state index contributed by atoms with van der Waals surface area (Å²) >= 11 is 0. The third kappa shape index (κ3) is 4.54. The number of anilines is 3. The van der Waals surface area contributed by atoms with Gasteiger partial charge in [-0.05, 0) is 18.2 Å². The molecule has 1 fully saturated rings. The Morgan fingerprint density at radius 1 is 0.919 bits per heavy atom. The van der Waals surface area contributed by atoms with Gasteiger partial charge in [0.2, 0.25) is 6.17 Å². The standard InChI is InChI=1S/C27H23FN6O3/c28-20-11-6-10-19(23(20)34-13-15-36-16-14-34)26-32-33-27(37-26)31-24-25(35)29-21-12-5-4-9-18(21)22(30-24)17-7-2-1-3-8-17/h1-12,24H,13-16H2,(H,29,35)(H,31,33). The van der Waals surface area contributed by atoms with Crippen molar-refractivity contribution in [2.75, 3.05) is 41.8 Å². The van der Waals surface area contributed by atoms with Crippen LogP contribution in [0.1, 0.15) is 11.1 Å². The van der Waals surface area contributed by atoms with Crippen LogP contribution in [0.5, 0.6) is 0 Å². The second-order valence-corrected chi connectivity index (χ2v) is 8.57. The van der Waals surface area contributed by atoms with E-state index in [0.29, 0.717) is 49.0 Å². The predicted molar refractivity (Wildman–Crippen MR) is 137 cm³/mol. The molecule has 3 aromatic carbocycles. The van der Waals surface area contributed by atoms with Crippen LogP contribution in [0.15, 0.2) is 82.2 Å². The van der Waals surface area contributed by atoms with E-state index in [1.807, 2.05) is 59.5 Å². The molecule has 0 saturated carbocycles. The number of fused-ring (bicyclic) bond motifs is 1. The number of para-hydroxylation sites is 2. The Balaban J connectivity index is 1.33. The van der Waals surface area contributed by atoms with Crippen molar-refractivity contribution in [1.82, 2.24) is 10.2 Å². The molecule has 1 aromatic heterocycles. The van der Waals surface area contributed by atoms with E-state index >= 15 is 0 Å². The monoisotopic (exact) mass is 498 g/mol. The first-order valence-electron chi connectivity index (χ1n) is 11.9. The van der Waals surface area contributed by atoms with Gasteiger partial charge in [-0.3, -0.25) is 4.79 Å². The van der Waals surface area contributed by atoms with Crippen molar-refractivity contribution in [3.05, 3.63) is 89.7 Å². The molecule has 0 bridgehead atoms. The number of hydrogen-bond acceptors (Lipinski definition) is 8. The van der Waals surface area contributed by atoms with Crippen LogP contribution >= 0.6 is 0 Å².